The average Bonchev–Trinajstić information content (AvgIpc) is 3.09. The minimum Gasteiger partial charge on any atom is -0.357 e. The molecule has 0 aliphatic rings. The van der Waals surface area contributed by atoms with E-state index >= 15 is 0 Å². The van der Waals surface area contributed by atoms with Gasteiger partial charge in [-0.25, -0.2) is 4.79 Å². The predicted molar refractivity (Wildman–Crippen MR) is 97.0 cm³/mol. The Kier molecular flexibility index (Phi) is 6.06. The zero-order valence-electron chi connectivity index (χ0n) is 15.3. The lowest BCUT2D eigenvalue weighted by atomic mass is 10.1. The fourth-order valence-corrected chi connectivity index (χ4v) is 2.67. The van der Waals surface area contributed by atoms with Crippen LogP contribution in [0.15, 0.2) is 24.7 Å². The maximum Gasteiger partial charge on any atom is 0.319 e. The molecule has 2 heterocycles. The highest BCUT2D eigenvalue weighted by atomic mass is 16.2. The molecule has 2 aromatic rings. The molecule has 132 valence electrons. The molecule has 0 atom stereocenters. The molecule has 0 radical (unpaired) electrons. The molecule has 24 heavy (non-hydrogen) atoms. The Hall–Kier alpha value is -2.24. The third-order valence-electron chi connectivity index (χ3n) is 3.94. The second-order valence-corrected chi connectivity index (χ2v) is 7.00. The van der Waals surface area contributed by atoms with Gasteiger partial charge in [0.1, 0.15) is 0 Å². The van der Waals surface area contributed by atoms with Crippen LogP contribution in [-0.2, 0) is 20.1 Å². The monoisotopic (exact) mass is 331 g/mol. The van der Waals surface area contributed by atoms with Crippen molar-refractivity contribution in [3.8, 4) is 0 Å². The van der Waals surface area contributed by atoms with E-state index in [-0.39, 0.29) is 6.03 Å². The topological polar surface area (TPSA) is 63.9 Å². The highest BCUT2D eigenvalue weighted by molar-refractivity contribution is 5.89. The largest absolute Gasteiger partial charge is 0.357 e. The summed E-state index contributed by atoms with van der Waals surface area (Å²) in [5, 5.41) is 10.3. The van der Waals surface area contributed by atoms with E-state index in [2.05, 4.69) is 43.4 Å². The molecule has 6 nitrogen and oxygen atoms in total. The molecule has 2 aromatic heterocycles. The molecule has 0 saturated carbocycles. The molecule has 0 bridgehead atoms. The standard InChI is InChI=1S/C18H29N5O/c1-13(2)6-9-23-17(14(3)4)16(11-20-23)21-18(24)19-10-15-7-8-22(5)12-15/h7-8,11-14H,6,9-10H2,1-5H3,(H2,19,21,24). The molecule has 0 saturated heterocycles. The number of urea groups is 1. The van der Waals surface area contributed by atoms with Crippen molar-refractivity contribution in [1.29, 1.82) is 0 Å². The molecule has 0 fully saturated rings. The number of aromatic nitrogens is 3. The van der Waals surface area contributed by atoms with Gasteiger partial charge in [0.15, 0.2) is 0 Å². The van der Waals surface area contributed by atoms with Crippen LogP contribution in [0.1, 0.15) is 51.3 Å². The van der Waals surface area contributed by atoms with Gasteiger partial charge in [0.05, 0.1) is 17.6 Å². The number of rotatable bonds is 7. The van der Waals surface area contributed by atoms with Gasteiger partial charge in [0.2, 0.25) is 0 Å². The Bertz CT molecular complexity index is 669. The summed E-state index contributed by atoms with van der Waals surface area (Å²) in [5.74, 6) is 0.920. The summed E-state index contributed by atoms with van der Waals surface area (Å²) in [5.41, 5.74) is 2.94. The summed E-state index contributed by atoms with van der Waals surface area (Å²) in [6.07, 6.45) is 6.77. The van der Waals surface area contributed by atoms with Crippen LogP contribution >= 0.6 is 0 Å². The van der Waals surface area contributed by atoms with Crippen LogP contribution in [-0.4, -0.2) is 20.4 Å². The highest BCUT2D eigenvalue weighted by Gasteiger charge is 2.16. The molecule has 2 rings (SSSR count). The van der Waals surface area contributed by atoms with Crippen molar-refractivity contribution in [3.05, 3.63) is 35.9 Å². The highest BCUT2D eigenvalue weighted by Crippen LogP contribution is 2.24. The predicted octanol–water partition coefficient (Wildman–Crippen LogP) is 3.71. The lowest BCUT2D eigenvalue weighted by Crippen LogP contribution is -2.28. The van der Waals surface area contributed by atoms with E-state index in [0.717, 1.165) is 29.9 Å². The molecule has 2 amide bonds. The number of nitrogens with one attached hydrogen (secondary N) is 2. The maximum atomic E-state index is 12.2. The SMILES string of the molecule is CC(C)CCn1ncc(NC(=O)NCc2ccn(C)c2)c1C(C)C. The van der Waals surface area contributed by atoms with Crippen LogP contribution in [0.25, 0.3) is 0 Å². The van der Waals surface area contributed by atoms with Gasteiger partial charge in [-0.2, -0.15) is 5.10 Å². The van der Waals surface area contributed by atoms with Gasteiger partial charge in [-0.15, -0.1) is 0 Å². The maximum absolute atomic E-state index is 12.2. The number of hydrogen-bond acceptors (Lipinski definition) is 2. The van der Waals surface area contributed by atoms with Crippen LogP contribution in [0, 0.1) is 5.92 Å². The van der Waals surface area contributed by atoms with Crippen molar-refractivity contribution in [1.82, 2.24) is 19.7 Å². The Balaban J connectivity index is 1.98. The smallest absolute Gasteiger partial charge is 0.319 e. The third-order valence-corrected chi connectivity index (χ3v) is 3.94. The summed E-state index contributed by atoms with van der Waals surface area (Å²) >= 11 is 0. The van der Waals surface area contributed by atoms with Gasteiger partial charge >= 0.3 is 6.03 Å². The van der Waals surface area contributed by atoms with E-state index in [1.165, 1.54) is 0 Å². The summed E-state index contributed by atoms with van der Waals surface area (Å²) in [4.78, 5) is 12.2. The van der Waals surface area contributed by atoms with Crippen molar-refractivity contribution >= 4 is 11.7 Å². The normalized spacial score (nSPS) is 11.3. The van der Waals surface area contributed by atoms with Gasteiger partial charge in [-0.05, 0) is 29.9 Å². The number of amides is 2. The van der Waals surface area contributed by atoms with E-state index in [1.807, 2.05) is 34.8 Å². The minimum atomic E-state index is -0.204. The van der Waals surface area contributed by atoms with E-state index in [1.54, 1.807) is 6.20 Å². The average molecular weight is 331 g/mol. The Labute approximate surface area is 144 Å². The number of anilines is 1. The minimum absolute atomic E-state index is 0.204. The van der Waals surface area contributed by atoms with Gasteiger partial charge in [0, 0.05) is 32.5 Å². The van der Waals surface area contributed by atoms with Crippen molar-refractivity contribution in [2.24, 2.45) is 13.0 Å². The molecule has 2 N–H and O–H groups in total. The Morgan fingerprint density at radius 3 is 2.62 bits per heavy atom. The number of nitrogens with zero attached hydrogens (tertiary/aromatic N) is 3. The zero-order chi connectivity index (χ0) is 17.7. The number of aryl methyl sites for hydroxylation is 2. The van der Waals surface area contributed by atoms with E-state index < -0.39 is 0 Å². The van der Waals surface area contributed by atoms with E-state index in [9.17, 15) is 4.79 Å². The number of carbonyl (C=O) groups excluding carboxylic acids is 1. The van der Waals surface area contributed by atoms with Crippen LogP contribution in [0.4, 0.5) is 10.5 Å². The fourth-order valence-electron chi connectivity index (χ4n) is 2.67. The van der Waals surface area contributed by atoms with Gasteiger partial charge in [0.25, 0.3) is 0 Å². The van der Waals surface area contributed by atoms with Crippen molar-refractivity contribution < 1.29 is 4.79 Å². The molecule has 0 spiro atoms. The quantitative estimate of drug-likeness (QED) is 0.812. The third kappa shape index (κ3) is 4.88. The van der Waals surface area contributed by atoms with Crippen molar-refractivity contribution in [3.63, 3.8) is 0 Å². The lowest BCUT2D eigenvalue weighted by molar-refractivity contribution is 0.251. The summed E-state index contributed by atoms with van der Waals surface area (Å²) in [6, 6.07) is 1.79. The van der Waals surface area contributed by atoms with Gasteiger partial charge in [-0.1, -0.05) is 27.7 Å². The summed E-state index contributed by atoms with van der Waals surface area (Å²) in [6.45, 7) is 10.0. The van der Waals surface area contributed by atoms with Crippen LogP contribution in [0.3, 0.4) is 0 Å². The van der Waals surface area contributed by atoms with Crippen molar-refractivity contribution in [2.75, 3.05) is 5.32 Å². The molecule has 0 aliphatic carbocycles. The first kappa shape index (κ1) is 18.1. The molecule has 0 aromatic carbocycles. The first-order valence-electron chi connectivity index (χ1n) is 8.58. The molecular weight excluding hydrogens is 302 g/mol. The Morgan fingerprint density at radius 1 is 1.29 bits per heavy atom. The molecule has 6 heteroatoms. The molecular formula is C18H29N5O. The van der Waals surface area contributed by atoms with Crippen molar-refractivity contribution in [2.45, 2.75) is 53.1 Å². The van der Waals surface area contributed by atoms with Gasteiger partial charge in [-0.3, -0.25) is 4.68 Å². The van der Waals surface area contributed by atoms with Gasteiger partial charge < -0.3 is 15.2 Å². The second kappa shape index (κ2) is 8.04. The zero-order valence-corrected chi connectivity index (χ0v) is 15.3. The first-order chi connectivity index (χ1) is 11.4. The fraction of sp³-hybridized carbons (Fsp3) is 0.556. The lowest BCUT2D eigenvalue weighted by Gasteiger charge is -2.14. The number of carbonyl (C=O) groups is 1. The van der Waals surface area contributed by atoms with Crippen LogP contribution in [0.2, 0.25) is 0 Å². The first-order valence-corrected chi connectivity index (χ1v) is 8.58. The Morgan fingerprint density at radius 2 is 2.04 bits per heavy atom. The molecule has 0 aliphatic heterocycles. The molecule has 0 unspecified atom stereocenters. The van der Waals surface area contributed by atoms with E-state index in [4.69, 9.17) is 0 Å². The van der Waals surface area contributed by atoms with Crippen LogP contribution in [0.5, 0.6) is 0 Å². The summed E-state index contributed by atoms with van der Waals surface area (Å²) in [7, 11) is 1.96. The summed E-state index contributed by atoms with van der Waals surface area (Å²) < 4.78 is 3.97. The number of hydrogen-bond donors (Lipinski definition) is 2. The van der Waals surface area contributed by atoms with E-state index in [0.29, 0.717) is 18.4 Å². The van der Waals surface area contributed by atoms with Crippen LogP contribution < -0.4 is 10.6 Å². The second-order valence-electron chi connectivity index (χ2n) is 7.00.